The van der Waals surface area contributed by atoms with Gasteiger partial charge in [0.25, 0.3) is 0 Å². The highest BCUT2D eigenvalue weighted by Gasteiger charge is 2.12. The van der Waals surface area contributed by atoms with Gasteiger partial charge in [-0.05, 0) is 18.6 Å². The number of aromatic nitrogens is 4. The molecule has 0 aliphatic heterocycles. The predicted molar refractivity (Wildman–Crippen MR) is 65.1 cm³/mol. The van der Waals surface area contributed by atoms with Crippen LogP contribution in [0.1, 0.15) is 24.3 Å². The zero-order chi connectivity index (χ0) is 13.0. The molecule has 1 unspecified atom stereocenters. The van der Waals surface area contributed by atoms with Gasteiger partial charge in [-0.1, -0.05) is 0 Å². The normalized spacial score (nSPS) is 12.4. The van der Waals surface area contributed by atoms with Crippen LogP contribution in [0, 0.1) is 0 Å². The zero-order valence-electron chi connectivity index (χ0n) is 10.4. The van der Waals surface area contributed by atoms with E-state index in [0.717, 1.165) is 12.1 Å². The number of hydrogen-bond donors (Lipinski definition) is 1. The smallest absolute Gasteiger partial charge is 0.233 e. The second kappa shape index (κ2) is 5.59. The average Bonchev–Trinajstić information content (AvgIpc) is 2.86. The molecule has 2 aromatic heterocycles. The van der Waals surface area contributed by atoms with Gasteiger partial charge in [0.2, 0.25) is 5.88 Å². The molecule has 0 fully saturated rings. The molecule has 2 rings (SSSR count). The number of ether oxygens (including phenoxy) is 1. The number of nitrogens with zero attached hydrogens (tertiary/aromatic N) is 4. The third-order valence-electron chi connectivity index (χ3n) is 2.65. The number of methoxy groups -OCH3 is 1. The second-order valence-corrected chi connectivity index (χ2v) is 3.92. The van der Waals surface area contributed by atoms with Gasteiger partial charge in [0.1, 0.15) is 6.10 Å². The molecule has 0 aliphatic rings. The Kier molecular flexibility index (Phi) is 3.88. The Labute approximate surface area is 105 Å². The molecule has 0 bridgehead atoms. The SMILES string of the molecule is CCn1cc(CC(O)c2ccc(OC)nn2)cn1. The van der Waals surface area contributed by atoms with E-state index >= 15 is 0 Å². The Balaban J connectivity index is 2.03. The van der Waals surface area contributed by atoms with Crippen LogP contribution < -0.4 is 4.74 Å². The van der Waals surface area contributed by atoms with Gasteiger partial charge in [0.15, 0.2) is 0 Å². The standard InChI is InChI=1S/C12H16N4O2/c1-3-16-8-9(7-13-16)6-11(17)10-4-5-12(18-2)15-14-10/h4-5,7-8,11,17H,3,6H2,1-2H3. The summed E-state index contributed by atoms with van der Waals surface area (Å²) in [5.41, 5.74) is 1.50. The summed E-state index contributed by atoms with van der Waals surface area (Å²) in [5.74, 6) is 0.435. The second-order valence-electron chi connectivity index (χ2n) is 3.92. The largest absolute Gasteiger partial charge is 0.480 e. The third-order valence-corrected chi connectivity index (χ3v) is 2.65. The maximum absolute atomic E-state index is 10.0. The number of aliphatic hydroxyl groups excluding tert-OH is 1. The number of hydrogen-bond acceptors (Lipinski definition) is 5. The first-order chi connectivity index (χ1) is 8.72. The summed E-state index contributed by atoms with van der Waals surface area (Å²) in [7, 11) is 1.53. The van der Waals surface area contributed by atoms with Gasteiger partial charge in [-0.25, -0.2) is 0 Å². The maximum atomic E-state index is 10.0. The minimum Gasteiger partial charge on any atom is -0.480 e. The summed E-state index contributed by atoms with van der Waals surface area (Å²) in [6.07, 6.45) is 3.46. The first-order valence-electron chi connectivity index (χ1n) is 5.80. The van der Waals surface area contributed by atoms with E-state index in [1.54, 1.807) is 18.3 Å². The highest BCUT2D eigenvalue weighted by atomic mass is 16.5. The molecule has 96 valence electrons. The molecule has 18 heavy (non-hydrogen) atoms. The lowest BCUT2D eigenvalue weighted by Crippen LogP contribution is -2.05. The van der Waals surface area contributed by atoms with E-state index in [-0.39, 0.29) is 0 Å². The summed E-state index contributed by atoms with van der Waals surface area (Å²) >= 11 is 0. The maximum Gasteiger partial charge on any atom is 0.233 e. The first kappa shape index (κ1) is 12.5. The van der Waals surface area contributed by atoms with E-state index in [0.29, 0.717) is 18.0 Å². The zero-order valence-corrected chi connectivity index (χ0v) is 10.4. The highest BCUT2D eigenvalue weighted by molar-refractivity contribution is 5.15. The fourth-order valence-corrected chi connectivity index (χ4v) is 1.63. The molecule has 1 atom stereocenters. The van der Waals surface area contributed by atoms with E-state index in [9.17, 15) is 5.11 Å². The Morgan fingerprint density at radius 2 is 2.22 bits per heavy atom. The van der Waals surface area contributed by atoms with Crippen LogP contribution in [-0.2, 0) is 13.0 Å². The van der Waals surface area contributed by atoms with E-state index in [1.165, 1.54) is 7.11 Å². The third kappa shape index (κ3) is 2.84. The van der Waals surface area contributed by atoms with Crippen LogP contribution in [0.3, 0.4) is 0 Å². The van der Waals surface area contributed by atoms with Crippen LogP contribution in [0.4, 0.5) is 0 Å². The molecule has 0 spiro atoms. The van der Waals surface area contributed by atoms with Crippen LogP contribution in [0.5, 0.6) is 5.88 Å². The lowest BCUT2D eigenvalue weighted by atomic mass is 10.1. The van der Waals surface area contributed by atoms with Crippen LogP contribution in [-0.4, -0.2) is 32.2 Å². The summed E-state index contributed by atoms with van der Waals surface area (Å²) < 4.78 is 6.74. The Morgan fingerprint density at radius 3 is 2.78 bits per heavy atom. The predicted octanol–water partition coefficient (Wildman–Crippen LogP) is 0.978. The van der Waals surface area contributed by atoms with Gasteiger partial charge in [-0.2, -0.15) is 5.10 Å². The topological polar surface area (TPSA) is 73.1 Å². The van der Waals surface area contributed by atoms with Crippen molar-refractivity contribution in [3.05, 3.63) is 35.8 Å². The molecule has 0 aliphatic carbocycles. The Hall–Kier alpha value is -1.95. The molecular formula is C12H16N4O2. The lowest BCUT2D eigenvalue weighted by molar-refractivity contribution is 0.172. The van der Waals surface area contributed by atoms with Crippen molar-refractivity contribution in [2.45, 2.75) is 26.0 Å². The summed E-state index contributed by atoms with van der Waals surface area (Å²) in [5, 5.41) is 21.9. The Bertz CT molecular complexity index is 495. The van der Waals surface area contributed by atoms with E-state index in [1.807, 2.05) is 17.8 Å². The van der Waals surface area contributed by atoms with E-state index < -0.39 is 6.10 Å². The van der Waals surface area contributed by atoms with Crippen LogP contribution >= 0.6 is 0 Å². The molecule has 0 aromatic carbocycles. The van der Waals surface area contributed by atoms with E-state index in [4.69, 9.17) is 4.74 Å². The molecule has 2 heterocycles. The molecule has 2 aromatic rings. The summed E-state index contributed by atoms with van der Waals surface area (Å²) in [6, 6.07) is 3.39. The first-order valence-corrected chi connectivity index (χ1v) is 5.80. The quantitative estimate of drug-likeness (QED) is 0.853. The van der Waals surface area contributed by atoms with Crippen molar-refractivity contribution in [3.63, 3.8) is 0 Å². The minimum atomic E-state index is -0.682. The fraction of sp³-hybridized carbons (Fsp3) is 0.417. The number of aliphatic hydroxyl groups is 1. The monoisotopic (exact) mass is 248 g/mol. The Morgan fingerprint density at radius 1 is 1.39 bits per heavy atom. The van der Waals surface area contributed by atoms with Crippen molar-refractivity contribution in [2.24, 2.45) is 0 Å². The van der Waals surface area contributed by atoms with Crippen molar-refractivity contribution in [1.82, 2.24) is 20.0 Å². The van der Waals surface area contributed by atoms with Crippen LogP contribution in [0.25, 0.3) is 0 Å². The molecule has 0 radical (unpaired) electrons. The molecule has 0 amide bonds. The van der Waals surface area contributed by atoms with Crippen LogP contribution in [0.2, 0.25) is 0 Å². The molecule has 0 saturated heterocycles. The van der Waals surface area contributed by atoms with Gasteiger partial charge in [0.05, 0.1) is 19.0 Å². The van der Waals surface area contributed by atoms with Gasteiger partial charge in [-0.3, -0.25) is 4.68 Å². The van der Waals surface area contributed by atoms with E-state index in [2.05, 4.69) is 15.3 Å². The van der Waals surface area contributed by atoms with Gasteiger partial charge < -0.3 is 9.84 Å². The number of aryl methyl sites for hydroxylation is 1. The highest BCUT2D eigenvalue weighted by Crippen LogP contribution is 2.16. The molecule has 6 nitrogen and oxygen atoms in total. The van der Waals surface area contributed by atoms with Crippen molar-refractivity contribution in [3.8, 4) is 5.88 Å². The summed E-state index contributed by atoms with van der Waals surface area (Å²) in [6.45, 7) is 2.83. The van der Waals surface area contributed by atoms with Crippen molar-refractivity contribution in [2.75, 3.05) is 7.11 Å². The molecular weight excluding hydrogens is 232 g/mol. The lowest BCUT2D eigenvalue weighted by Gasteiger charge is -2.08. The van der Waals surface area contributed by atoms with Gasteiger partial charge in [0, 0.05) is 25.2 Å². The minimum absolute atomic E-state index is 0.435. The van der Waals surface area contributed by atoms with Crippen LogP contribution in [0.15, 0.2) is 24.5 Å². The molecule has 0 saturated carbocycles. The number of rotatable bonds is 5. The van der Waals surface area contributed by atoms with Crippen molar-refractivity contribution in [1.29, 1.82) is 0 Å². The van der Waals surface area contributed by atoms with Gasteiger partial charge in [-0.15, -0.1) is 10.2 Å². The molecule has 1 N–H and O–H groups in total. The molecule has 6 heteroatoms. The average molecular weight is 248 g/mol. The van der Waals surface area contributed by atoms with Crippen molar-refractivity contribution < 1.29 is 9.84 Å². The van der Waals surface area contributed by atoms with Gasteiger partial charge >= 0.3 is 0 Å². The summed E-state index contributed by atoms with van der Waals surface area (Å²) in [4.78, 5) is 0. The van der Waals surface area contributed by atoms with Crippen molar-refractivity contribution >= 4 is 0 Å². The fourth-order valence-electron chi connectivity index (χ4n) is 1.63.